The van der Waals surface area contributed by atoms with E-state index in [1.807, 2.05) is 32.0 Å². The van der Waals surface area contributed by atoms with Crippen molar-refractivity contribution in [3.05, 3.63) is 99.0 Å². The summed E-state index contributed by atoms with van der Waals surface area (Å²) in [5.41, 5.74) is 4.88. The average molecular weight is 523 g/mol. The van der Waals surface area contributed by atoms with Crippen molar-refractivity contribution in [3.63, 3.8) is 0 Å². The number of hydrogen-bond acceptors (Lipinski definition) is 5. The molecule has 3 rings (SSSR count). The zero-order valence-corrected chi connectivity index (χ0v) is 21.2. The van der Waals surface area contributed by atoms with Crippen molar-refractivity contribution in [1.82, 2.24) is 10.7 Å². The molecule has 0 aliphatic carbocycles. The Morgan fingerprint density at radius 3 is 2.44 bits per heavy atom. The monoisotopic (exact) mass is 522 g/mol. The van der Waals surface area contributed by atoms with Gasteiger partial charge in [0.15, 0.2) is 0 Å². The van der Waals surface area contributed by atoms with Crippen LogP contribution in [-0.4, -0.2) is 24.1 Å². The number of carbonyl (C=O) groups excluding carboxylic acids is 2. The molecule has 0 bridgehead atoms. The summed E-state index contributed by atoms with van der Waals surface area (Å²) in [4.78, 5) is 25.2. The van der Waals surface area contributed by atoms with Crippen LogP contribution in [0.3, 0.4) is 0 Å². The van der Waals surface area contributed by atoms with Crippen molar-refractivity contribution in [2.45, 2.75) is 26.5 Å². The Labute approximate surface area is 219 Å². The lowest BCUT2D eigenvalue weighted by Crippen LogP contribution is -2.48. The molecule has 0 aliphatic rings. The highest BCUT2D eigenvalue weighted by Gasteiger charge is 2.24. The second-order valence-corrected chi connectivity index (χ2v) is 9.00. The molecule has 0 aliphatic heterocycles. The van der Waals surface area contributed by atoms with Gasteiger partial charge in [0, 0.05) is 11.1 Å². The van der Waals surface area contributed by atoms with Gasteiger partial charge in [-0.3, -0.25) is 9.59 Å². The molecule has 7 nitrogen and oxygen atoms in total. The summed E-state index contributed by atoms with van der Waals surface area (Å²) < 4.78 is 5.76. The molecule has 0 radical (unpaired) electrons. The van der Waals surface area contributed by atoms with Crippen molar-refractivity contribution < 1.29 is 14.3 Å². The Bertz CT molecular complexity index is 1300. The number of nitrogens with zero attached hydrogens (tertiary/aromatic N) is 2. The highest BCUT2D eigenvalue weighted by Crippen LogP contribution is 2.22. The number of hydrogen-bond donors (Lipinski definition) is 2. The van der Waals surface area contributed by atoms with Gasteiger partial charge in [0.05, 0.1) is 27.9 Å². The molecular formula is C27H24Cl2N4O3. The molecule has 36 heavy (non-hydrogen) atoms. The Balaban J connectivity index is 1.55. The van der Waals surface area contributed by atoms with Gasteiger partial charge in [0.2, 0.25) is 0 Å². The molecular weight excluding hydrogens is 499 g/mol. The van der Waals surface area contributed by atoms with E-state index in [2.05, 4.69) is 21.9 Å². The Morgan fingerprint density at radius 2 is 1.78 bits per heavy atom. The summed E-state index contributed by atoms with van der Waals surface area (Å²) in [6.45, 7) is 3.91. The van der Waals surface area contributed by atoms with Gasteiger partial charge in [-0.2, -0.15) is 10.4 Å². The maximum atomic E-state index is 12.7. The molecule has 0 spiro atoms. The third kappa shape index (κ3) is 7.32. The van der Waals surface area contributed by atoms with Gasteiger partial charge in [-0.25, -0.2) is 5.43 Å². The fraction of sp³-hybridized carbons (Fsp3) is 0.185. The molecule has 2 N–H and O–H groups in total. The van der Waals surface area contributed by atoms with Crippen LogP contribution in [0.1, 0.15) is 40.9 Å². The number of benzene rings is 3. The van der Waals surface area contributed by atoms with E-state index >= 15 is 0 Å². The van der Waals surface area contributed by atoms with Crippen LogP contribution in [0, 0.1) is 17.2 Å². The minimum atomic E-state index is -0.809. The molecule has 0 fully saturated rings. The molecule has 0 saturated heterocycles. The van der Waals surface area contributed by atoms with Crippen LogP contribution < -0.4 is 15.5 Å². The van der Waals surface area contributed by atoms with Gasteiger partial charge in [0.1, 0.15) is 18.4 Å². The summed E-state index contributed by atoms with van der Waals surface area (Å²) in [6, 6.07) is 20.2. The number of ether oxygens (including phenoxy) is 1. The van der Waals surface area contributed by atoms with Gasteiger partial charge in [-0.15, -0.1) is 0 Å². The largest absolute Gasteiger partial charge is 0.489 e. The van der Waals surface area contributed by atoms with Gasteiger partial charge in [-0.1, -0.05) is 55.2 Å². The quantitative estimate of drug-likeness (QED) is 0.292. The van der Waals surface area contributed by atoms with E-state index in [1.165, 1.54) is 24.4 Å². The number of carbonyl (C=O) groups is 2. The maximum absolute atomic E-state index is 12.7. The van der Waals surface area contributed by atoms with Crippen LogP contribution in [0.4, 0.5) is 0 Å². The summed E-state index contributed by atoms with van der Waals surface area (Å²) in [6.07, 6.45) is 1.49. The number of halogens is 2. The van der Waals surface area contributed by atoms with Gasteiger partial charge < -0.3 is 10.1 Å². The second kappa shape index (κ2) is 12.7. The standard InChI is InChI=1S/C27H24Cl2N4O3/c1-17(2)25(32-26(34)19-9-12-23(28)24(29)13-19)27(35)33-31-15-18-7-10-22(11-8-18)36-16-21-6-4-3-5-20(21)14-30/h3-13,15,17,25H,16H2,1-2H3,(H,32,34)(H,33,35)/b31-15+. The average Bonchev–Trinajstić information content (AvgIpc) is 2.88. The van der Waals surface area contributed by atoms with E-state index in [-0.39, 0.29) is 17.5 Å². The molecule has 1 atom stereocenters. The van der Waals surface area contributed by atoms with Crippen LogP contribution in [0.25, 0.3) is 0 Å². The highest BCUT2D eigenvalue weighted by molar-refractivity contribution is 6.42. The van der Waals surface area contributed by atoms with Crippen molar-refractivity contribution in [3.8, 4) is 11.8 Å². The second-order valence-electron chi connectivity index (χ2n) is 8.18. The first kappa shape index (κ1) is 26.7. The number of hydrazone groups is 1. The Hall–Kier alpha value is -3.86. The topological polar surface area (TPSA) is 104 Å². The van der Waals surface area contributed by atoms with E-state index in [0.29, 0.717) is 21.9 Å². The minimum absolute atomic E-state index is 0.186. The Morgan fingerprint density at radius 1 is 1.06 bits per heavy atom. The van der Waals surface area contributed by atoms with Crippen molar-refractivity contribution in [1.29, 1.82) is 5.26 Å². The fourth-order valence-electron chi connectivity index (χ4n) is 3.20. The van der Waals surface area contributed by atoms with Gasteiger partial charge in [-0.05, 0) is 60.0 Å². The minimum Gasteiger partial charge on any atom is -0.489 e. The molecule has 2 amide bonds. The third-order valence-corrected chi connectivity index (χ3v) is 5.96. The van der Waals surface area contributed by atoms with E-state index in [4.69, 9.17) is 27.9 Å². The molecule has 9 heteroatoms. The number of amides is 2. The Kier molecular flexibility index (Phi) is 9.46. The SMILES string of the molecule is CC(C)C(NC(=O)c1ccc(Cl)c(Cl)c1)C(=O)N/N=C/c1ccc(OCc2ccccc2C#N)cc1. The van der Waals surface area contributed by atoms with Crippen LogP contribution in [0.2, 0.25) is 10.0 Å². The normalized spacial score (nSPS) is 11.7. The highest BCUT2D eigenvalue weighted by atomic mass is 35.5. The lowest BCUT2D eigenvalue weighted by Gasteiger charge is -2.20. The van der Waals surface area contributed by atoms with Crippen LogP contribution in [0.15, 0.2) is 71.8 Å². The maximum Gasteiger partial charge on any atom is 0.262 e. The van der Waals surface area contributed by atoms with Crippen molar-refractivity contribution in [2.75, 3.05) is 0 Å². The fourth-order valence-corrected chi connectivity index (χ4v) is 3.50. The molecule has 1 unspecified atom stereocenters. The van der Waals surface area contributed by atoms with E-state index in [1.54, 1.807) is 30.3 Å². The first-order chi connectivity index (χ1) is 17.3. The lowest BCUT2D eigenvalue weighted by molar-refractivity contribution is -0.123. The molecule has 0 saturated carbocycles. The summed E-state index contributed by atoms with van der Waals surface area (Å²) >= 11 is 11.9. The molecule has 0 heterocycles. The first-order valence-corrected chi connectivity index (χ1v) is 11.8. The summed E-state index contributed by atoms with van der Waals surface area (Å²) in [7, 11) is 0. The number of nitriles is 1. The zero-order valence-electron chi connectivity index (χ0n) is 19.7. The van der Waals surface area contributed by atoms with Gasteiger partial charge >= 0.3 is 0 Å². The molecule has 3 aromatic rings. The van der Waals surface area contributed by atoms with E-state index in [9.17, 15) is 14.9 Å². The first-order valence-electron chi connectivity index (χ1n) is 11.1. The van der Waals surface area contributed by atoms with E-state index in [0.717, 1.165) is 11.1 Å². The zero-order chi connectivity index (χ0) is 26.1. The van der Waals surface area contributed by atoms with Crippen LogP contribution >= 0.6 is 23.2 Å². The van der Waals surface area contributed by atoms with Crippen molar-refractivity contribution >= 4 is 41.2 Å². The number of nitrogens with one attached hydrogen (secondary N) is 2. The van der Waals surface area contributed by atoms with Crippen LogP contribution in [0.5, 0.6) is 5.75 Å². The third-order valence-electron chi connectivity index (χ3n) is 5.22. The van der Waals surface area contributed by atoms with E-state index < -0.39 is 17.9 Å². The molecule has 184 valence electrons. The summed E-state index contributed by atoms with van der Waals surface area (Å²) in [5.74, 6) is -0.450. The number of rotatable bonds is 9. The summed E-state index contributed by atoms with van der Waals surface area (Å²) in [5, 5.41) is 16.5. The predicted molar refractivity (Wildman–Crippen MR) is 140 cm³/mol. The lowest BCUT2D eigenvalue weighted by atomic mass is 10.0. The van der Waals surface area contributed by atoms with Crippen LogP contribution in [-0.2, 0) is 11.4 Å². The van der Waals surface area contributed by atoms with Gasteiger partial charge in [0.25, 0.3) is 11.8 Å². The molecule has 0 aromatic heterocycles. The molecule has 3 aromatic carbocycles. The van der Waals surface area contributed by atoms with Crippen molar-refractivity contribution in [2.24, 2.45) is 11.0 Å². The smallest absolute Gasteiger partial charge is 0.262 e. The predicted octanol–water partition coefficient (Wildman–Crippen LogP) is 5.35.